The van der Waals surface area contributed by atoms with Gasteiger partial charge in [-0.15, -0.1) is 0 Å². The molecule has 2 aromatic rings. The zero-order valence-electron chi connectivity index (χ0n) is 10.4. The summed E-state index contributed by atoms with van der Waals surface area (Å²) in [5.41, 5.74) is 2.55. The van der Waals surface area contributed by atoms with E-state index >= 15 is 0 Å². The number of nitrogens with zero attached hydrogens (tertiary/aromatic N) is 2. The van der Waals surface area contributed by atoms with Crippen LogP contribution in [0.4, 0.5) is 0 Å². The van der Waals surface area contributed by atoms with Gasteiger partial charge in [0.25, 0.3) is 0 Å². The molecule has 100 valence electrons. The van der Waals surface area contributed by atoms with Gasteiger partial charge in [0, 0.05) is 6.54 Å². The summed E-state index contributed by atoms with van der Waals surface area (Å²) in [6.45, 7) is 6.40. The predicted octanol–water partition coefficient (Wildman–Crippen LogP) is 3.44. The number of halogens is 1. The minimum Gasteiger partial charge on any atom is -0.481 e. The second-order valence-electron chi connectivity index (χ2n) is 4.23. The fourth-order valence-electron chi connectivity index (χ4n) is 1.75. The Labute approximate surface area is 120 Å². The largest absolute Gasteiger partial charge is 0.481 e. The molecule has 19 heavy (non-hydrogen) atoms. The van der Waals surface area contributed by atoms with Crippen LogP contribution in [0.5, 0.6) is 0 Å². The van der Waals surface area contributed by atoms with E-state index in [-0.39, 0.29) is 5.75 Å². The molecule has 2 rings (SSSR count). The van der Waals surface area contributed by atoms with E-state index in [9.17, 15) is 4.79 Å². The zero-order chi connectivity index (χ0) is 14.0. The molecule has 0 atom stereocenters. The molecule has 0 amide bonds. The molecule has 6 heteroatoms. The minimum absolute atomic E-state index is 0.0306. The van der Waals surface area contributed by atoms with Gasteiger partial charge in [0.15, 0.2) is 5.16 Å². The number of hydrogen-bond donors (Lipinski definition) is 1. The number of allylic oxidation sites excluding steroid dienone is 1. The molecule has 0 unspecified atom stereocenters. The minimum atomic E-state index is -0.870. The van der Waals surface area contributed by atoms with E-state index in [1.165, 1.54) is 11.8 Å². The number of hydrogen-bond acceptors (Lipinski definition) is 3. The molecule has 0 aliphatic carbocycles. The van der Waals surface area contributed by atoms with Gasteiger partial charge in [-0.3, -0.25) is 4.79 Å². The van der Waals surface area contributed by atoms with Crippen LogP contribution in [0, 0.1) is 0 Å². The zero-order valence-corrected chi connectivity index (χ0v) is 12.0. The Kier molecular flexibility index (Phi) is 4.17. The summed E-state index contributed by atoms with van der Waals surface area (Å²) in [5.74, 6) is -0.901. The normalized spacial score (nSPS) is 10.8. The molecule has 0 saturated carbocycles. The molecule has 0 aliphatic heterocycles. The van der Waals surface area contributed by atoms with Crippen molar-refractivity contribution in [1.29, 1.82) is 0 Å². The van der Waals surface area contributed by atoms with Crippen LogP contribution in [0.1, 0.15) is 6.92 Å². The standard InChI is InChI=1S/C13H13ClN2O2S/c1-8(2)6-16-10-5-3-4-9(14)12(10)15-13(16)19-7-11(17)18/h3-5H,1,6-7H2,2H3,(H,17,18). The summed E-state index contributed by atoms with van der Waals surface area (Å²) in [5, 5.41) is 9.99. The van der Waals surface area contributed by atoms with Gasteiger partial charge < -0.3 is 9.67 Å². The summed E-state index contributed by atoms with van der Waals surface area (Å²) in [6, 6.07) is 5.54. The maximum absolute atomic E-state index is 10.7. The number of aromatic nitrogens is 2. The van der Waals surface area contributed by atoms with Crippen molar-refractivity contribution in [2.24, 2.45) is 0 Å². The van der Waals surface area contributed by atoms with Crippen molar-refractivity contribution in [2.75, 3.05) is 5.75 Å². The van der Waals surface area contributed by atoms with E-state index in [0.29, 0.717) is 22.2 Å². The van der Waals surface area contributed by atoms with Crippen molar-refractivity contribution in [3.05, 3.63) is 35.4 Å². The summed E-state index contributed by atoms with van der Waals surface area (Å²) in [4.78, 5) is 15.1. The van der Waals surface area contributed by atoms with E-state index < -0.39 is 5.97 Å². The van der Waals surface area contributed by atoms with Gasteiger partial charge >= 0.3 is 5.97 Å². The molecular weight excluding hydrogens is 284 g/mol. The number of carbonyl (C=O) groups is 1. The first kappa shape index (κ1) is 14.0. The number of fused-ring (bicyclic) bond motifs is 1. The maximum Gasteiger partial charge on any atom is 0.313 e. The second-order valence-corrected chi connectivity index (χ2v) is 5.58. The smallest absolute Gasteiger partial charge is 0.313 e. The first-order valence-corrected chi connectivity index (χ1v) is 6.99. The Morgan fingerprint density at radius 2 is 2.32 bits per heavy atom. The molecule has 0 fully saturated rings. The Balaban J connectivity index is 2.50. The van der Waals surface area contributed by atoms with E-state index in [0.717, 1.165) is 11.1 Å². The third kappa shape index (κ3) is 3.11. The van der Waals surface area contributed by atoms with Gasteiger partial charge in [-0.2, -0.15) is 0 Å². The van der Waals surface area contributed by atoms with Crippen molar-refractivity contribution < 1.29 is 9.90 Å². The molecule has 1 aromatic heterocycles. The van der Waals surface area contributed by atoms with Crippen LogP contribution in [0.3, 0.4) is 0 Å². The lowest BCUT2D eigenvalue weighted by Gasteiger charge is -2.07. The van der Waals surface area contributed by atoms with Gasteiger partial charge in [-0.25, -0.2) is 4.98 Å². The van der Waals surface area contributed by atoms with Crippen molar-refractivity contribution >= 4 is 40.4 Å². The number of para-hydroxylation sites is 1. The lowest BCUT2D eigenvalue weighted by Crippen LogP contribution is -2.03. The number of carboxylic acids is 1. The van der Waals surface area contributed by atoms with Gasteiger partial charge in [0.2, 0.25) is 0 Å². The molecule has 1 aromatic carbocycles. The van der Waals surface area contributed by atoms with E-state index in [1.807, 2.05) is 23.6 Å². The summed E-state index contributed by atoms with van der Waals surface area (Å²) in [7, 11) is 0. The molecule has 1 heterocycles. The lowest BCUT2D eigenvalue weighted by atomic mass is 10.3. The van der Waals surface area contributed by atoms with Gasteiger partial charge in [0.1, 0.15) is 5.52 Å². The lowest BCUT2D eigenvalue weighted by molar-refractivity contribution is -0.133. The van der Waals surface area contributed by atoms with Crippen LogP contribution in [0.2, 0.25) is 5.02 Å². The second kappa shape index (κ2) is 5.67. The first-order chi connectivity index (χ1) is 8.99. The molecule has 1 N–H and O–H groups in total. The molecule has 0 radical (unpaired) electrons. The maximum atomic E-state index is 10.7. The summed E-state index contributed by atoms with van der Waals surface area (Å²) < 4.78 is 1.94. The molecule has 0 spiro atoms. The van der Waals surface area contributed by atoms with Crippen LogP contribution in [-0.4, -0.2) is 26.4 Å². The third-order valence-corrected chi connectivity index (χ3v) is 3.71. The van der Waals surface area contributed by atoms with Gasteiger partial charge in [-0.05, 0) is 19.1 Å². The van der Waals surface area contributed by atoms with Crippen molar-refractivity contribution in [2.45, 2.75) is 18.6 Å². The third-order valence-electron chi connectivity index (χ3n) is 2.45. The van der Waals surface area contributed by atoms with Crippen LogP contribution >= 0.6 is 23.4 Å². The summed E-state index contributed by atoms with van der Waals surface area (Å²) >= 11 is 7.30. The highest BCUT2D eigenvalue weighted by atomic mass is 35.5. The number of benzene rings is 1. The average Bonchev–Trinajstić information content (AvgIpc) is 2.66. The van der Waals surface area contributed by atoms with Crippen LogP contribution in [-0.2, 0) is 11.3 Å². The van der Waals surface area contributed by atoms with Crippen molar-refractivity contribution in [1.82, 2.24) is 9.55 Å². The average molecular weight is 297 g/mol. The Bertz CT molecular complexity index is 651. The number of carboxylic acid groups (broad SMARTS) is 1. The quantitative estimate of drug-likeness (QED) is 0.678. The highest BCUT2D eigenvalue weighted by Gasteiger charge is 2.14. The number of imidazole rings is 1. The molecule has 4 nitrogen and oxygen atoms in total. The number of aliphatic carboxylic acids is 1. The van der Waals surface area contributed by atoms with Crippen LogP contribution < -0.4 is 0 Å². The SMILES string of the molecule is C=C(C)Cn1c(SCC(=O)O)nc2c(Cl)cccc21. The fourth-order valence-corrected chi connectivity index (χ4v) is 2.69. The van der Waals surface area contributed by atoms with Crippen molar-refractivity contribution in [3.63, 3.8) is 0 Å². The van der Waals surface area contributed by atoms with Crippen LogP contribution in [0.15, 0.2) is 35.5 Å². The molecule has 0 aliphatic rings. The first-order valence-electron chi connectivity index (χ1n) is 5.62. The predicted molar refractivity (Wildman–Crippen MR) is 77.9 cm³/mol. The highest BCUT2D eigenvalue weighted by Crippen LogP contribution is 2.29. The summed E-state index contributed by atoms with van der Waals surface area (Å²) in [6.07, 6.45) is 0. The van der Waals surface area contributed by atoms with Crippen LogP contribution in [0.25, 0.3) is 11.0 Å². The topological polar surface area (TPSA) is 55.1 Å². The van der Waals surface area contributed by atoms with Gasteiger partial charge in [-0.1, -0.05) is 41.6 Å². The Hall–Kier alpha value is -1.46. The molecule has 0 saturated heterocycles. The number of thioether (sulfide) groups is 1. The van der Waals surface area contributed by atoms with Crippen molar-refractivity contribution in [3.8, 4) is 0 Å². The molecule has 0 bridgehead atoms. The highest BCUT2D eigenvalue weighted by molar-refractivity contribution is 7.99. The van der Waals surface area contributed by atoms with E-state index in [1.54, 1.807) is 6.07 Å². The van der Waals surface area contributed by atoms with E-state index in [2.05, 4.69) is 11.6 Å². The van der Waals surface area contributed by atoms with Gasteiger partial charge in [0.05, 0.1) is 16.3 Å². The van der Waals surface area contributed by atoms with E-state index in [4.69, 9.17) is 16.7 Å². The fraction of sp³-hybridized carbons (Fsp3) is 0.231. The number of rotatable bonds is 5. The Morgan fingerprint density at radius 1 is 1.58 bits per heavy atom. The molecular formula is C13H13ClN2O2S. The monoisotopic (exact) mass is 296 g/mol. The Morgan fingerprint density at radius 3 is 2.95 bits per heavy atom.